The highest BCUT2D eigenvalue weighted by molar-refractivity contribution is 4.80. The topological polar surface area (TPSA) is 24.5 Å². The summed E-state index contributed by atoms with van der Waals surface area (Å²) in [5.41, 5.74) is 0. The fourth-order valence-electron chi connectivity index (χ4n) is 1.90. The number of hydrogen-bond acceptors (Lipinski definition) is 3. The van der Waals surface area contributed by atoms with Gasteiger partial charge in [0, 0.05) is 31.2 Å². The molecule has 1 fully saturated rings. The van der Waals surface area contributed by atoms with Crippen molar-refractivity contribution in [1.82, 2.24) is 10.2 Å². The first-order valence-electron chi connectivity index (χ1n) is 5.68. The molecule has 0 aromatic carbocycles. The van der Waals surface area contributed by atoms with Crippen molar-refractivity contribution in [1.29, 1.82) is 0 Å². The van der Waals surface area contributed by atoms with Crippen molar-refractivity contribution in [3.05, 3.63) is 0 Å². The molecule has 0 aromatic rings. The average Bonchev–Trinajstić information content (AvgIpc) is 2.15. The number of nitrogens with one attached hydrogen (secondary N) is 1. The van der Waals surface area contributed by atoms with Gasteiger partial charge in [0.05, 0.1) is 13.2 Å². The van der Waals surface area contributed by atoms with Gasteiger partial charge in [-0.1, -0.05) is 13.8 Å². The van der Waals surface area contributed by atoms with Gasteiger partial charge in [-0.15, -0.1) is 0 Å². The zero-order chi connectivity index (χ0) is 10.6. The van der Waals surface area contributed by atoms with Crippen LogP contribution in [0.2, 0.25) is 0 Å². The Kier molecular flexibility index (Phi) is 4.85. The molecule has 1 heterocycles. The summed E-state index contributed by atoms with van der Waals surface area (Å²) in [5.74, 6) is 0. The summed E-state index contributed by atoms with van der Waals surface area (Å²) in [6.07, 6.45) is 0. The number of nitrogens with zero attached hydrogens (tertiary/aromatic N) is 1. The Balaban J connectivity index is 2.38. The van der Waals surface area contributed by atoms with Crippen molar-refractivity contribution >= 4 is 0 Å². The third-order valence-electron chi connectivity index (χ3n) is 2.70. The van der Waals surface area contributed by atoms with E-state index >= 15 is 0 Å². The maximum Gasteiger partial charge on any atom is 0.0634 e. The molecule has 1 N–H and O–H groups in total. The van der Waals surface area contributed by atoms with E-state index < -0.39 is 0 Å². The molecule has 0 radical (unpaired) electrons. The maximum atomic E-state index is 5.51. The fourth-order valence-corrected chi connectivity index (χ4v) is 1.90. The van der Waals surface area contributed by atoms with Crippen molar-refractivity contribution in [3.63, 3.8) is 0 Å². The van der Waals surface area contributed by atoms with E-state index in [9.17, 15) is 0 Å². The number of hydrogen-bond donors (Lipinski definition) is 1. The van der Waals surface area contributed by atoms with Crippen LogP contribution < -0.4 is 5.32 Å². The van der Waals surface area contributed by atoms with Gasteiger partial charge in [-0.05, 0) is 13.8 Å². The van der Waals surface area contributed by atoms with Crippen molar-refractivity contribution in [3.8, 4) is 0 Å². The van der Waals surface area contributed by atoms with Gasteiger partial charge in [0.1, 0.15) is 0 Å². The van der Waals surface area contributed by atoms with E-state index in [1.54, 1.807) is 0 Å². The monoisotopic (exact) mass is 200 g/mol. The Bertz CT molecular complexity index is 159. The molecular weight excluding hydrogens is 176 g/mol. The summed E-state index contributed by atoms with van der Waals surface area (Å²) in [7, 11) is 0. The van der Waals surface area contributed by atoms with Crippen LogP contribution in [0.1, 0.15) is 27.7 Å². The molecule has 0 bridgehead atoms. The van der Waals surface area contributed by atoms with Gasteiger partial charge in [-0.3, -0.25) is 4.90 Å². The Morgan fingerprint density at radius 1 is 1.36 bits per heavy atom. The summed E-state index contributed by atoms with van der Waals surface area (Å²) in [6, 6.07) is 1.73. The van der Waals surface area contributed by atoms with Gasteiger partial charge < -0.3 is 10.1 Å². The van der Waals surface area contributed by atoms with Crippen LogP contribution in [-0.2, 0) is 4.74 Å². The summed E-state index contributed by atoms with van der Waals surface area (Å²) < 4.78 is 5.51. The lowest BCUT2D eigenvalue weighted by molar-refractivity contribution is -0.0218. The van der Waals surface area contributed by atoms with E-state index in [1.807, 2.05) is 0 Å². The molecule has 1 rings (SSSR count). The molecule has 0 amide bonds. The number of rotatable bonds is 4. The molecule has 1 atom stereocenters. The van der Waals surface area contributed by atoms with E-state index in [-0.39, 0.29) is 0 Å². The summed E-state index contributed by atoms with van der Waals surface area (Å²) in [6.45, 7) is 12.8. The molecule has 1 aliphatic heterocycles. The highest BCUT2D eigenvalue weighted by Crippen LogP contribution is 2.10. The smallest absolute Gasteiger partial charge is 0.0634 e. The Hall–Kier alpha value is -0.120. The van der Waals surface area contributed by atoms with Gasteiger partial charge in [0.25, 0.3) is 0 Å². The summed E-state index contributed by atoms with van der Waals surface area (Å²) >= 11 is 0. The minimum atomic E-state index is 0.547. The molecule has 0 aromatic heterocycles. The van der Waals surface area contributed by atoms with E-state index in [2.05, 4.69) is 37.9 Å². The van der Waals surface area contributed by atoms with Gasteiger partial charge in [-0.2, -0.15) is 0 Å². The molecule has 3 heteroatoms. The molecule has 1 unspecified atom stereocenters. The first-order valence-corrected chi connectivity index (χ1v) is 5.68. The lowest BCUT2D eigenvalue weighted by atomic mass is 10.1. The second-order valence-corrected chi connectivity index (χ2v) is 4.62. The highest BCUT2D eigenvalue weighted by Gasteiger charge is 2.24. The quantitative estimate of drug-likeness (QED) is 0.735. The third-order valence-corrected chi connectivity index (χ3v) is 2.70. The first-order chi connectivity index (χ1) is 6.61. The zero-order valence-electron chi connectivity index (χ0n) is 9.92. The molecule has 14 heavy (non-hydrogen) atoms. The van der Waals surface area contributed by atoms with Gasteiger partial charge in [0.15, 0.2) is 0 Å². The van der Waals surface area contributed by atoms with Crippen LogP contribution in [0.25, 0.3) is 0 Å². The minimum absolute atomic E-state index is 0.547. The van der Waals surface area contributed by atoms with Crippen LogP contribution in [0.15, 0.2) is 0 Å². The second kappa shape index (κ2) is 5.69. The van der Waals surface area contributed by atoms with Gasteiger partial charge in [0.2, 0.25) is 0 Å². The second-order valence-electron chi connectivity index (χ2n) is 4.62. The van der Waals surface area contributed by atoms with Crippen molar-refractivity contribution in [2.45, 2.75) is 45.8 Å². The maximum absolute atomic E-state index is 5.51. The van der Waals surface area contributed by atoms with E-state index in [1.165, 1.54) is 0 Å². The molecular formula is C11H24N2O. The first kappa shape index (κ1) is 12.0. The standard InChI is InChI=1S/C11H24N2O/c1-9(2)12-7-11-8-14-6-5-13(11)10(3)4/h9-12H,5-8H2,1-4H3. The highest BCUT2D eigenvalue weighted by atomic mass is 16.5. The van der Waals surface area contributed by atoms with E-state index in [4.69, 9.17) is 4.74 Å². The zero-order valence-corrected chi connectivity index (χ0v) is 9.92. The van der Waals surface area contributed by atoms with Crippen LogP contribution in [0.4, 0.5) is 0 Å². The molecule has 0 aliphatic carbocycles. The fraction of sp³-hybridized carbons (Fsp3) is 1.00. The molecule has 0 spiro atoms. The summed E-state index contributed by atoms with van der Waals surface area (Å²) in [4.78, 5) is 2.53. The number of morpholine rings is 1. The largest absolute Gasteiger partial charge is 0.378 e. The van der Waals surface area contributed by atoms with Gasteiger partial charge in [-0.25, -0.2) is 0 Å². The predicted octanol–water partition coefficient (Wildman–Crippen LogP) is 1.09. The normalized spacial score (nSPS) is 24.9. The van der Waals surface area contributed by atoms with Crippen LogP contribution in [0.3, 0.4) is 0 Å². The van der Waals surface area contributed by atoms with Crippen molar-refractivity contribution in [2.24, 2.45) is 0 Å². The summed E-state index contributed by atoms with van der Waals surface area (Å²) in [5, 5.41) is 3.48. The van der Waals surface area contributed by atoms with Crippen LogP contribution >= 0.6 is 0 Å². The SMILES string of the molecule is CC(C)NCC1COCCN1C(C)C. The van der Waals surface area contributed by atoms with Crippen molar-refractivity contribution < 1.29 is 4.74 Å². The third kappa shape index (κ3) is 3.56. The minimum Gasteiger partial charge on any atom is -0.378 e. The Morgan fingerprint density at radius 3 is 2.64 bits per heavy atom. The Morgan fingerprint density at radius 2 is 2.07 bits per heavy atom. The van der Waals surface area contributed by atoms with Crippen LogP contribution in [0, 0.1) is 0 Å². The van der Waals surface area contributed by atoms with Crippen molar-refractivity contribution in [2.75, 3.05) is 26.3 Å². The Labute approximate surface area is 87.8 Å². The molecule has 84 valence electrons. The average molecular weight is 200 g/mol. The van der Waals surface area contributed by atoms with Crippen LogP contribution in [0.5, 0.6) is 0 Å². The lowest BCUT2D eigenvalue weighted by Crippen LogP contribution is -2.53. The molecule has 1 aliphatic rings. The predicted molar refractivity (Wildman–Crippen MR) is 59.6 cm³/mol. The number of ether oxygens (including phenoxy) is 1. The molecule has 0 saturated carbocycles. The lowest BCUT2D eigenvalue weighted by Gasteiger charge is -2.38. The molecule has 1 saturated heterocycles. The van der Waals surface area contributed by atoms with E-state index in [0.717, 1.165) is 26.3 Å². The van der Waals surface area contributed by atoms with E-state index in [0.29, 0.717) is 18.1 Å². The molecule has 3 nitrogen and oxygen atoms in total. The van der Waals surface area contributed by atoms with Gasteiger partial charge >= 0.3 is 0 Å². The van der Waals surface area contributed by atoms with Crippen LogP contribution in [-0.4, -0.2) is 49.3 Å².